The molecule has 0 radical (unpaired) electrons. The molecule has 4 rings (SSSR count). The molecule has 1 aliphatic heterocycles. The molecule has 1 aliphatic carbocycles. The number of urea groups is 1. The van der Waals surface area contributed by atoms with Gasteiger partial charge in [-0.2, -0.15) is 0 Å². The maximum atomic E-state index is 12.3. The van der Waals surface area contributed by atoms with E-state index in [-0.39, 0.29) is 12.1 Å². The van der Waals surface area contributed by atoms with Crippen molar-refractivity contribution in [1.82, 2.24) is 20.1 Å². The summed E-state index contributed by atoms with van der Waals surface area (Å²) in [6.07, 6.45) is 6.57. The summed E-state index contributed by atoms with van der Waals surface area (Å²) in [4.78, 5) is 12.3. The van der Waals surface area contributed by atoms with Crippen LogP contribution in [0.3, 0.4) is 0 Å². The van der Waals surface area contributed by atoms with Crippen LogP contribution in [0.5, 0.6) is 0 Å². The number of hydrogen-bond acceptors (Lipinski definition) is 4. The number of fused-ring (bicyclic) bond motifs is 1. The van der Waals surface area contributed by atoms with Crippen LogP contribution in [0.15, 0.2) is 24.5 Å². The molecular weight excluding hydrogens is 318 g/mol. The first-order chi connectivity index (χ1) is 12.2. The van der Waals surface area contributed by atoms with Gasteiger partial charge in [0.1, 0.15) is 6.33 Å². The average Bonchev–Trinajstić information content (AvgIpc) is 3.34. The minimum atomic E-state index is -0.243. The SMILES string of the molecule is C[C@@H](NC(=O)Nc1ccc2c(c1)COC2)c1nncn1C1CCCC1. The topological polar surface area (TPSA) is 81.1 Å². The Hall–Kier alpha value is -2.41. The molecule has 2 amide bonds. The summed E-state index contributed by atoms with van der Waals surface area (Å²) in [7, 11) is 0. The maximum Gasteiger partial charge on any atom is 0.319 e. The Kier molecular flexibility index (Phi) is 4.40. The van der Waals surface area contributed by atoms with Gasteiger partial charge in [0.15, 0.2) is 5.82 Å². The van der Waals surface area contributed by atoms with Gasteiger partial charge in [0, 0.05) is 11.7 Å². The lowest BCUT2D eigenvalue weighted by atomic mass is 10.1. The first-order valence-corrected chi connectivity index (χ1v) is 8.87. The fourth-order valence-electron chi connectivity index (χ4n) is 3.70. The Labute approximate surface area is 146 Å². The van der Waals surface area contributed by atoms with Crippen molar-refractivity contribution in [3.63, 3.8) is 0 Å². The van der Waals surface area contributed by atoms with E-state index in [4.69, 9.17) is 4.74 Å². The summed E-state index contributed by atoms with van der Waals surface area (Å²) in [5, 5.41) is 14.1. The number of nitrogens with one attached hydrogen (secondary N) is 2. The van der Waals surface area contributed by atoms with Gasteiger partial charge >= 0.3 is 6.03 Å². The Morgan fingerprint density at radius 3 is 2.92 bits per heavy atom. The first-order valence-electron chi connectivity index (χ1n) is 8.87. The van der Waals surface area contributed by atoms with Crippen molar-refractivity contribution in [3.8, 4) is 0 Å². The monoisotopic (exact) mass is 341 g/mol. The normalized spacial score (nSPS) is 18.1. The number of aromatic nitrogens is 3. The minimum Gasteiger partial charge on any atom is -0.372 e. The van der Waals surface area contributed by atoms with Crippen LogP contribution in [-0.2, 0) is 18.0 Å². The van der Waals surface area contributed by atoms with Gasteiger partial charge in [-0.1, -0.05) is 18.9 Å². The molecule has 2 N–H and O–H groups in total. The molecule has 2 aliphatic rings. The van der Waals surface area contributed by atoms with E-state index in [1.807, 2.05) is 25.1 Å². The van der Waals surface area contributed by atoms with Crippen molar-refractivity contribution in [2.24, 2.45) is 0 Å². The fraction of sp³-hybridized carbons (Fsp3) is 0.500. The van der Waals surface area contributed by atoms with Crippen molar-refractivity contribution in [3.05, 3.63) is 41.5 Å². The number of amides is 2. The first kappa shape index (κ1) is 16.1. The zero-order valence-electron chi connectivity index (χ0n) is 14.4. The third kappa shape index (κ3) is 3.37. The molecule has 1 atom stereocenters. The van der Waals surface area contributed by atoms with Crippen molar-refractivity contribution < 1.29 is 9.53 Å². The Morgan fingerprint density at radius 1 is 1.28 bits per heavy atom. The Bertz CT molecular complexity index is 767. The van der Waals surface area contributed by atoms with Gasteiger partial charge in [-0.15, -0.1) is 10.2 Å². The van der Waals surface area contributed by atoms with Gasteiger partial charge in [-0.05, 0) is 43.0 Å². The zero-order chi connectivity index (χ0) is 17.2. The molecule has 2 aromatic rings. The number of nitrogens with zero attached hydrogens (tertiary/aromatic N) is 3. The lowest BCUT2D eigenvalue weighted by Crippen LogP contribution is -2.33. The summed E-state index contributed by atoms with van der Waals surface area (Å²) in [5.41, 5.74) is 3.09. The van der Waals surface area contributed by atoms with Gasteiger partial charge in [-0.3, -0.25) is 0 Å². The van der Waals surface area contributed by atoms with E-state index >= 15 is 0 Å². The van der Waals surface area contributed by atoms with Crippen LogP contribution in [0, 0.1) is 0 Å². The number of carbonyl (C=O) groups is 1. The van der Waals surface area contributed by atoms with Crippen LogP contribution in [0.25, 0.3) is 0 Å². The number of hydrogen-bond donors (Lipinski definition) is 2. The highest BCUT2D eigenvalue weighted by molar-refractivity contribution is 5.89. The third-order valence-electron chi connectivity index (χ3n) is 5.03. The molecule has 132 valence electrons. The molecule has 25 heavy (non-hydrogen) atoms. The molecule has 1 fully saturated rings. The van der Waals surface area contributed by atoms with E-state index in [0.29, 0.717) is 19.3 Å². The lowest BCUT2D eigenvalue weighted by Gasteiger charge is -2.19. The van der Waals surface area contributed by atoms with Crippen LogP contribution >= 0.6 is 0 Å². The molecule has 1 aromatic heterocycles. The third-order valence-corrected chi connectivity index (χ3v) is 5.03. The summed E-state index contributed by atoms with van der Waals surface area (Å²) in [5.74, 6) is 0.810. The zero-order valence-corrected chi connectivity index (χ0v) is 14.4. The van der Waals surface area contributed by atoms with E-state index in [2.05, 4.69) is 25.4 Å². The number of carbonyl (C=O) groups excluding carboxylic acids is 1. The molecule has 1 aromatic carbocycles. The molecule has 0 unspecified atom stereocenters. The van der Waals surface area contributed by atoms with Crippen molar-refractivity contribution in [2.75, 3.05) is 5.32 Å². The van der Waals surface area contributed by atoms with E-state index < -0.39 is 0 Å². The van der Waals surface area contributed by atoms with E-state index in [9.17, 15) is 4.79 Å². The van der Waals surface area contributed by atoms with Crippen LogP contribution in [0.4, 0.5) is 10.5 Å². The van der Waals surface area contributed by atoms with Gasteiger partial charge in [0.2, 0.25) is 0 Å². The van der Waals surface area contributed by atoms with Gasteiger partial charge in [-0.25, -0.2) is 4.79 Å². The number of anilines is 1. The Morgan fingerprint density at radius 2 is 2.08 bits per heavy atom. The standard InChI is InChI=1S/C18H23N5O2/c1-12(17-22-19-11-23(17)16-4-2-3-5-16)20-18(24)21-15-7-6-13-9-25-10-14(13)8-15/h6-8,11-12,16H,2-5,9-10H2,1H3,(H2,20,21,24)/t12-/m1/s1. The summed E-state index contributed by atoms with van der Waals surface area (Å²) < 4.78 is 7.52. The number of benzene rings is 1. The second-order valence-electron chi connectivity index (χ2n) is 6.83. The van der Waals surface area contributed by atoms with Crippen LogP contribution < -0.4 is 10.6 Å². The molecule has 0 spiro atoms. The van der Waals surface area contributed by atoms with Gasteiger partial charge in [0.25, 0.3) is 0 Å². The molecule has 7 nitrogen and oxygen atoms in total. The van der Waals surface area contributed by atoms with E-state index in [1.54, 1.807) is 6.33 Å². The van der Waals surface area contributed by atoms with E-state index in [0.717, 1.165) is 29.9 Å². The fourth-order valence-corrected chi connectivity index (χ4v) is 3.70. The number of rotatable bonds is 4. The maximum absolute atomic E-state index is 12.3. The second kappa shape index (κ2) is 6.84. The van der Waals surface area contributed by atoms with Crippen LogP contribution in [-0.4, -0.2) is 20.8 Å². The average molecular weight is 341 g/mol. The molecule has 2 heterocycles. The summed E-state index contributed by atoms with van der Waals surface area (Å²) in [6, 6.07) is 5.87. The molecule has 0 bridgehead atoms. The van der Waals surface area contributed by atoms with Gasteiger partial charge in [0.05, 0.1) is 19.3 Å². The quantitative estimate of drug-likeness (QED) is 0.894. The minimum absolute atomic E-state index is 0.208. The predicted octanol–water partition coefficient (Wildman–Crippen LogP) is 3.31. The molecular formula is C18H23N5O2. The lowest BCUT2D eigenvalue weighted by molar-refractivity contribution is 0.134. The largest absolute Gasteiger partial charge is 0.372 e. The summed E-state index contributed by atoms with van der Waals surface area (Å²) in [6.45, 7) is 3.19. The van der Waals surface area contributed by atoms with Gasteiger partial charge < -0.3 is 19.9 Å². The molecule has 7 heteroatoms. The Balaban J connectivity index is 1.40. The highest BCUT2D eigenvalue weighted by Gasteiger charge is 2.23. The van der Waals surface area contributed by atoms with Crippen LogP contribution in [0.2, 0.25) is 0 Å². The summed E-state index contributed by atoms with van der Waals surface area (Å²) >= 11 is 0. The van der Waals surface area contributed by atoms with E-state index in [1.165, 1.54) is 18.4 Å². The van der Waals surface area contributed by atoms with Crippen molar-refractivity contribution in [2.45, 2.75) is 57.9 Å². The highest BCUT2D eigenvalue weighted by Crippen LogP contribution is 2.31. The second-order valence-corrected chi connectivity index (χ2v) is 6.83. The number of ether oxygens (including phenoxy) is 1. The van der Waals surface area contributed by atoms with Crippen LogP contribution in [0.1, 0.15) is 61.6 Å². The highest BCUT2D eigenvalue weighted by atomic mass is 16.5. The smallest absolute Gasteiger partial charge is 0.319 e. The van der Waals surface area contributed by atoms with Crippen molar-refractivity contribution >= 4 is 11.7 Å². The molecule has 0 saturated heterocycles. The molecule has 1 saturated carbocycles. The van der Waals surface area contributed by atoms with Crippen molar-refractivity contribution in [1.29, 1.82) is 0 Å². The predicted molar refractivity (Wildman–Crippen MR) is 93.0 cm³/mol.